The van der Waals surface area contributed by atoms with Crippen LogP contribution in [-0.4, -0.2) is 5.54 Å². The molecule has 0 aromatic heterocycles. The highest BCUT2D eigenvalue weighted by Gasteiger charge is 2.37. The lowest BCUT2D eigenvalue weighted by molar-refractivity contribution is 0.131. The standard InChI is InChI=1S/C11H21N.ClH/c1-5-9-6-10(2,3)8-11(4,12)7-9;/h5,9H,1,6-8,12H2,2-4H3;1H. The third-order valence-corrected chi connectivity index (χ3v) is 2.76. The molecule has 2 N–H and O–H groups in total. The van der Waals surface area contributed by atoms with Gasteiger partial charge in [0.05, 0.1) is 0 Å². The molecule has 0 aromatic rings. The van der Waals surface area contributed by atoms with Crippen molar-refractivity contribution >= 4 is 12.4 Å². The number of nitrogens with two attached hydrogens (primary N) is 1. The molecular formula is C11H22ClN. The first kappa shape index (κ1) is 13.0. The van der Waals surface area contributed by atoms with E-state index in [-0.39, 0.29) is 17.9 Å². The normalized spacial score (nSPS) is 37.7. The van der Waals surface area contributed by atoms with Gasteiger partial charge in [-0.2, -0.15) is 0 Å². The molecule has 0 saturated heterocycles. The number of rotatable bonds is 1. The summed E-state index contributed by atoms with van der Waals surface area (Å²) in [4.78, 5) is 0. The van der Waals surface area contributed by atoms with Crippen LogP contribution < -0.4 is 5.73 Å². The van der Waals surface area contributed by atoms with Gasteiger partial charge in [0.25, 0.3) is 0 Å². The molecule has 13 heavy (non-hydrogen) atoms. The summed E-state index contributed by atoms with van der Waals surface area (Å²) in [5.41, 5.74) is 6.58. The molecule has 78 valence electrons. The monoisotopic (exact) mass is 203 g/mol. The second-order valence-corrected chi connectivity index (χ2v) is 5.40. The molecule has 2 unspecified atom stereocenters. The Morgan fingerprint density at radius 1 is 1.31 bits per heavy atom. The van der Waals surface area contributed by atoms with Gasteiger partial charge in [-0.1, -0.05) is 19.9 Å². The van der Waals surface area contributed by atoms with Crippen LogP contribution in [0.15, 0.2) is 12.7 Å². The zero-order valence-electron chi connectivity index (χ0n) is 8.97. The van der Waals surface area contributed by atoms with Crippen LogP contribution in [0.25, 0.3) is 0 Å². The van der Waals surface area contributed by atoms with Crippen LogP contribution in [0.3, 0.4) is 0 Å². The third-order valence-electron chi connectivity index (χ3n) is 2.76. The smallest absolute Gasteiger partial charge is 0.0136 e. The minimum absolute atomic E-state index is 0. The minimum atomic E-state index is 0. The van der Waals surface area contributed by atoms with Gasteiger partial charge in [0.1, 0.15) is 0 Å². The molecule has 1 rings (SSSR count). The summed E-state index contributed by atoms with van der Waals surface area (Å²) in [6.45, 7) is 10.6. The number of halogens is 1. The van der Waals surface area contributed by atoms with Crippen molar-refractivity contribution in [1.29, 1.82) is 0 Å². The summed E-state index contributed by atoms with van der Waals surface area (Å²) in [6.07, 6.45) is 5.53. The second-order valence-electron chi connectivity index (χ2n) is 5.40. The van der Waals surface area contributed by atoms with Gasteiger partial charge in [-0.3, -0.25) is 0 Å². The lowest BCUT2D eigenvalue weighted by Crippen LogP contribution is -2.46. The summed E-state index contributed by atoms with van der Waals surface area (Å²) in [5, 5.41) is 0. The van der Waals surface area contributed by atoms with E-state index in [0.29, 0.717) is 11.3 Å². The maximum atomic E-state index is 6.17. The lowest BCUT2D eigenvalue weighted by Gasteiger charge is -2.43. The van der Waals surface area contributed by atoms with Gasteiger partial charge >= 0.3 is 0 Å². The number of hydrogen-bond acceptors (Lipinski definition) is 1. The minimum Gasteiger partial charge on any atom is -0.325 e. The molecule has 0 heterocycles. The van der Waals surface area contributed by atoms with Crippen LogP contribution in [0.1, 0.15) is 40.0 Å². The van der Waals surface area contributed by atoms with Crippen LogP contribution in [0, 0.1) is 11.3 Å². The Morgan fingerprint density at radius 3 is 2.23 bits per heavy atom. The lowest BCUT2D eigenvalue weighted by atomic mass is 9.65. The first-order valence-corrected chi connectivity index (χ1v) is 4.76. The van der Waals surface area contributed by atoms with Crippen LogP contribution in [-0.2, 0) is 0 Å². The van der Waals surface area contributed by atoms with Crippen molar-refractivity contribution < 1.29 is 0 Å². The highest BCUT2D eigenvalue weighted by molar-refractivity contribution is 5.85. The highest BCUT2D eigenvalue weighted by atomic mass is 35.5. The maximum absolute atomic E-state index is 6.17. The molecule has 1 fully saturated rings. The Balaban J connectivity index is 0.00000144. The molecule has 0 radical (unpaired) electrons. The fourth-order valence-corrected chi connectivity index (χ4v) is 2.79. The van der Waals surface area contributed by atoms with Crippen molar-refractivity contribution in [2.75, 3.05) is 0 Å². The molecule has 2 atom stereocenters. The Labute approximate surface area is 88.2 Å². The molecule has 0 aliphatic heterocycles. The van der Waals surface area contributed by atoms with Gasteiger partial charge in [0.15, 0.2) is 0 Å². The average molecular weight is 204 g/mol. The van der Waals surface area contributed by atoms with Gasteiger partial charge in [-0.25, -0.2) is 0 Å². The van der Waals surface area contributed by atoms with Crippen molar-refractivity contribution in [3.8, 4) is 0 Å². The SMILES string of the molecule is C=CC1CC(C)(C)CC(C)(N)C1.Cl. The zero-order valence-corrected chi connectivity index (χ0v) is 9.79. The van der Waals surface area contributed by atoms with Crippen LogP contribution in [0.2, 0.25) is 0 Å². The van der Waals surface area contributed by atoms with E-state index in [1.165, 1.54) is 6.42 Å². The summed E-state index contributed by atoms with van der Waals surface area (Å²) >= 11 is 0. The van der Waals surface area contributed by atoms with Gasteiger partial charge in [0.2, 0.25) is 0 Å². The molecule has 1 aliphatic carbocycles. The Morgan fingerprint density at radius 2 is 1.85 bits per heavy atom. The first-order chi connectivity index (χ1) is 5.35. The van der Waals surface area contributed by atoms with E-state index < -0.39 is 0 Å². The molecule has 0 bridgehead atoms. The number of allylic oxidation sites excluding steroid dienone is 1. The summed E-state index contributed by atoms with van der Waals surface area (Å²) in [5.74, 6) is 0.615. The third kappa shape index (κ3) is 3.70. The molecule has 1 saturated carbocycles. The summed E-state index contributed by atoms with van der Waals surface area (Å²) in [7, 11) is 0. The van der Waals surface area contributed by atoms with Crippen molar-refractivity contribution in [1.82, 2.24) is 0 Å². The zero-order chi connectivity index (χ0) is 9.41. The molecule has 0 amide bonds. The fraction of sp³-hybridized carbons (Fsp3) is 0.818. The second kappa shape index (κ2) is 4.02. The Kier molecular flexibility index (Phi) is 4.01. The Hall–Kier alpha value is -0.0100. The van der Waals surface area contributed by atoms with Gasteiger partial charge in [-0.15, -0.1) is 19.0 Å². The van der Waals surface area contributed by atoms with Gasteiger partial charge in [0, 0.05) is 5.54 Å². The van der Waals surface area contributed by atoms with Crippen LogP contribution in [0.4, 0.5) is 0 Å². The molecule has 0 aromatic carbocycles. The van der Waals surface area contributed by atoms with Crippen LogP contribution >= 0.6 is 12.4 Å². The molecule has 1 nitrogen and oxygen atoms in total. The van der Waals surface area contributed by atoms with Crippen molar-refractivity contribution in [3.63, 3.8) is 0 Å². The summed E-state index contributed by atoms with van der Waals surface area (Å²) < 4.78 is 0. The van der Waals surface area contributed by atoms with E-state index in [9.17, 15) is 0 Å². The molecule has 0 spiro atoms. The van der Waals surface area contributed by atoms with Crippen LogP contribution in [0.5, 0.6) is 0 Å². The molecular weight excluding hydrogens is 182 g/mol. The summed E-state index contributed by atoms with van der Waals surface area (Å²) in [6, 6.07) is 0. The first-order valence-electron chi connectivity index (χ1n) is 4.76. The van der Waals surface area contributed by atoms with Crippen molar-refractivity contribution in [2.24, 2.45) is 17.1 Å². The van der Waals surface area contributed by atoms with E-state index in [1.807, 2.05) is 0 Å². The quantitative estimate of drug-likeness (QED) is 0.652. The average Bonchev–Trinajstić information content (AvgIpc) is 1.80. The van der Waals surface area contributed by atoms with Gasteiger partial charge < -0.3 is 5.73 Å². The predicted molar refractivity (Wildman–Crippen MR) is 61.2 cm³/mol. The van der Waals surface area contributed by atoms with Crippen molar-refractivity contribution in [2.45, 2.75) is 45.6 Å². The number of hydrogen-bond donors (Lipinski definition) is 1. The largest absolute Gasteiger partial charge is 0.325 e. The van der Waals surface area contributed by atoms with Crippen molar-refractivity contribution in [3.05, 3.63) is 12.7 Å². The van der Waals surface area contributed by atoms with E-state index in [2.05, 4.69) is 33.4 Å². The van der Waals surface area contributed by atoms with E-state index in [0.717, 1.165) is 12.8 Å². The maximum Gasteiger partial charge on any atom is 0.0136 e. The molecule has 1 aliphatic rings. The van der Waals surface area contributed by atoms with Gasteiger partial charge in [-0.05, 0) is 37.5 Å². The molecule has 2 heteroatoms. The van der Waals surface area contributed by atoms with E-state index >= 15 is 0 Å². The highest BCUT2D eigenvalue weighted by Crippen LogP contribution is 2.42. The Bertz CT molecular complexity index is 169. The predicted octanol–water partition coefficient (Wildman–Crippen LogP) is 3.14. The fourth-order valence-electron chi connectivity index (χ4n) is 2.79. The van der Waals surface area contributed by atoms with E-state index in [1.54, 1.807) is 0 Å². The van der Waals surface area contributed by atoms with E-state index in [4.69, 9.17) is 5.73 Å². The topological polar surface area (TPSA) is 26.0 Å².